The van der Waals surface area contributed by atoms with Gasteiger partial charge in [0.05, 0.1) is 13.6 Å². The molecule has 0 radical (unpaired) electrons. The minimum Gasteiger partial charge on any atom is -0.305 e. The van der Waals surface area contributed by atoms with Crippen LogP contribution < -0.4 is 0 Å². The standard InChI is InChI=1S/CH4OS68/c1-2-70(4,5)69-68-67-66-65-64-63-62-61-60-59-58-57-56-55-54-53-52-51-50-49-48-47-46-45-44-43-42-41-40-39-38-37-36-35-34-33-32-31-30-29-28-27-26-25-24-23-22-21-20-19-18-17-16-15-14-13-12-11-10-9-8-7-6-3/h3H,1H3. The van der Waals surface area contributed by atoms with Gasteiger partial charge in [-0.2, -0.15) is 0 Å². The van der Waals surface area contributed by atoms with Gasteiger partial charge in [-0.3, -0.25) is 0 Å². The number of hydrogen-bond donors (Lipinski definition) is 1. The fraction of sp³-hybridized carbons (Fsp3) is 1.00. The summed E-state index contributed by atoms with van der Waals surface area (Å²) in [6.07, 6.45) is 0. The Hall–Kier alpha value is 23.5. The zero-order chi connectivity index (χ0) is 50.5. The summed E-state index contributed by atoms with van der Waals surface area (Å²) in [6.45, 7) is -1.80. The van der Waals surface area contributed by atoms with Crippen LogP contribution in [0.5, 0.6) is 0 Å². The Bertz CT molecular complexity index is 1000. The summed E-state index contributed by atoms with van der Waals surface area (Å²) in [5.41, 5.74) is 0. The molecule has 70 heavy (non-hydrogen) atoms. The van der Waals surface area contributed by atoms with E-state index in [2.05, 4.69) is 11.7 Å². The second-order valence-corrected chi connectivity index (χ2v) is 126. The topological polar surface area (TPSA) is 9.23 Å². The van der Waals surface area contributed by atoms with Crippen LogP contribution in [0.4, 0.5) is 0 Å². The largest absolute Gasteiger partial charge is 0.305 e. The Balaban J connectivity index is 3.09. The molecule has 1 nitrogen and oxygen atoms in total. The van der Waals surface area contributed by atoms with Crippen LogP contribution in [-0.4, -0.2) is 7.11 Å². The first kappa shape index (κ1) is 93.5. The monoisotopic (exact) mass is 2210 g/mol. The fourth-order valence-electron chi connectivity index (χ4n) is 0.766. The molecular weight excluding hydrogens is 2210 g/mol. The molecule has 0 saturated carbocycles. The van der Waals surface area contributed by atoms with Crippen molar-refractivity contribution in [2.24, 2.45) is 0 Å². The zero-order valence-electron chi connectivity index (χ0n) is 29.2. The van der Waals surface area contributed by atoms with E-state index in [1.165, 1.54) is 19.7 Å². The van der Waals surface area contributed by atoms with Crippen LogP contribution >= 0.6 is 641 Å². The lowest BCUT2D eigenvalue weighted by Gasteiger charge is -2.03. The quantitative estimate of drug-likeness (QED) is 0.0352. The normalized spacial score (nSPS) is 12.0. The van der Waals surface area contributed by atoms with Gasteiger partial charge in [0.2, 0.25) is 0 Å². The van der Waals surface area contributed by atoms with E-state index in [-0.39, 0.29) is 0 Å². The molecule has 422 valence electrons. The highest BCUT2D eigenvalue weighted by Gasteiger charge is 2.07. The highest BCUT2D eigenvalue weighted by Crippen LogP contribution is 2.70. The molecule has 0 aliphatic carbocycles. The first-order chi connectivity index (χ1) is 34.6. The van der Waals surface area contributed by atoms with Crippen molar-refractivity contribution in [1.82, 2.24) is 0 Å². The molecule has 0 bridgehead atoms. The Kier molecular flexibility index (Phi) is 116. The van der Waals surface area contributed by atoms with Crippen molar-refractivity contribution < 1.29 is 4.18 Å². The van der Waals surface area contributed by atoms with Crippen LogP contribution in [0.1, 0.15) is 0 Å². The van der Waals surface area contributed by atoms with Gasteiger partial charge in [-0.1, -0.05) is 11.7 Å². The SMILES string of the molecule is COS(=S)(=S)SSSSSSSSSSSSSSSSSSSSSSSSSSSSSSSSSSSSSSSSSSSSSSSSSSSSSSSSSSSSSSSSS. The van der Waals surface area contributed by atoms with Crippen molar-refractivity contribution in [1.29, 1.82) is 0 Å². The van der Waals surface area contributed by atoms with Crippen LogP contribution in [0.25, 0.3) is 0 Å². The molecule has 0 N–H and O–H groups in total. The van der Waals surface area contributed by atoms with E-state index in [0.29, 0.717) is 0 Å². The van der Waals surface area contributed by atoms with Crippen molar-refractivity contribution in [3.8, 4) is 0 Å². The third-order valence-electron chi connectivity index (χ3n) is 2.04. The summed E-state index contributed by atoms with van der Waals surface area (Å²) in [6, 6.07) is 0. The van der Waals surface area contributed by atoms with Gasteiger partial charge in [0.1, 0.15) is 0 Å². The van der Waals surface area contributed by atoms with Crippen LogP contribution in [0.15, 0.2) is 0 Å². The lowest BCUT2D eigenvalue weighted by molar-refractivity contribution is 0.491. The molecule has 0 rings (SSSR count). The van der Waals surface area contributed by atoms with Gasteiger partial charge in [0.25, 0.3) is 0 Å². The minimum absolute atomic E-state index is 1.46. The number of thiol groups is 1. The van der Waals surface area contributed by atoms with Crippen LogP contribution in [0, 0.1) is 0 Å². The summed E-state index contributed by atoms with van der Waals surface area (Å²) < 4.78 is 5.12. The van der Waals surface area contributed by atoms with Crippen LogP contribution in [0.3, 0.4) is 0 Å². The third-order valence-corrected chi connectivity index (χ3v) is 149. The summed E-state index contributed by atoms with van der Waals surface area (Å²) >= 11 is 14.4. The van der Waals surface area contributed by atoms with Crippen molar-refractivity contribution >= 4 is 669 Å². The highest BCUT2D eigenvalue weighted by molar-refractivity contribution is 9.65. The van der Waals surface area contributed by atoms with E-state index in [1.807, 2.05) is 462 Å². The van der Waals surface area contributed by atoms with Gasteiger partial charge < -0.3 is 4.18 Å². The Morgan fingerprint density at radius 3 is 0.400 bits per heavy atom. The maximum absolute atomic E-state index is 5.17. The molecule has 0 amide bonds. The number of rotatable bonds is 65. The molecule has 0 aromatic heterocycles. The molecule has 0 aliphatic heterocycles. The van der Waals surface area contributed by atoms with Crippen molar-refractivity contribution in [2.45, 2.75) is 0 Å². The van der Waals surface area contributed by atoms with Crippen molar-refractivity contribution in [3.63, 3.8) is 0 Å². The van der Waals surface area contributed by atoms with Gasteiger partial charge in [-0.15, -0.1) is 0 Å². The lowest BCUT2D eigenvalue weighted by atomic mass is 11.8. The minimum atomic E-state index is -1.80. The van der Waals surface area contributed by atoms with E-state index < -0.39 is 6.46 Å². The first-order valence-electron chi connectivity index (χ1n) is 11.8. The molecular formula is CH4OS68. The maximum Gasteiger partial charge on any atom is 0.0817 e. The summed E-state index contributed by atoms with van der Waals surface area (Å²) in [4.78, 5) is 0. The van der Waals surface area contributed by atoms with E-state index in [1.54, 1.807) is 154 Å². The van der Waals surface area contributed by atoms with Crippen LogP contribution in [-0.2, 0) is 33.0 Å². The Labute approximate surface area is 661 Å². The van der Waals surface area contributed by atoms with Gasteiger partial charge in [-0.05, 0) is 101 Å². The Morgan fingerprint density at radius 2 is 0.300 bits per heavy atom. The zero-order valence-corrected chi connectivity index (χ0v) is 84.8. The Morgan fingerprint density at radius 1 is 0.200 bits per heavy atom. The molecule has 0 aromatic carbocycles. The molecule has 0 fully saturated rings. The van der Waals surface area contributed by atoms with E-state index in [9.17, 15) is 0 Å². The van der Waals surface area contributed by atoms with Gasteiger partial charge in [0, 0.05) is 550 Å². The second-order valence-electron chi connectivity index (χ2n) is 4.94. The van der Waals surface area contributed by atoms with E-state index >= 15 is 0 Å². The molecule has 0 atom stereocenters. The summed E-state index contributed by atoms with van der Waals surface area (Å²) in [7, 11) is 117. The first-order valence-corrected chi connectivity index (χ1v) is 102. The second kappa shape index (κ2) is 86.7. The van der Waals surface area contributed by atoms with E-state index in [4.69, 9.17) is 26.6 Å². The van der Waals surface area contributed by atoms with E-state index in [0.717, 1.165) is 0 Å². The molecule has 0 aromatic rings. The molecule has 0 heterocycles. The van der Waals surface area contributed by atoms with Gasteiger partial charge >= 0.3 is 0 Å². The maximum atomic E-state index is 5.17. The fourth-order valence-corrected chi connectivity index (χ4v) is 178. The van der Waals surface area contributed by atoms with Gasteiger partial charge in [-0.25, -0.2) is 0 Å². The van der Waals surface area contributed by atoms with Gasteiger partial charge in [0.15, 0.2) is 0 Å². The molecule has 69 heteroatoms. The molecule has 0 aliphatic rings. The lowest BCUT2D eigenvalue weighted by Crippen LogP contribution is -1.87. The smallest absolute Gasteiger partial charge is 0.0817 e. The summed E-state index contributed by atoms with van der Waals surface area (Å²) in [5.74, 6) is 0. The number of hydrogen-bond acceptors (Lipinski definition) is 68. The highest BCUT2D eigenvalue weighted by atomic mass is 34.1. The average molecular weight is 2210 g/mol. The molecule has 0 saturated heterocycles. The predicted molar refractivity (Wildman–Crippen MR) is 524 cm³/mol. The third kappa shape index (κ3) is 87.6. The predicted octanol–water partition coefficient (Wildman–Crippen LogP) is 42.0. The molecule has 0 spiro atoms. The van der Waals surface area contributed by atoms with Crippen molar-refractivity contribution in [3.05, 3.63) is 0 Å². The summed E-state index contributed by atoms with van der Waals surface area (Å²) in [5, 5.41) is 0. The molecule has 0 unspecified atom stereocenters. The van der Waals surface area contributed by atoms with Crippen LogP contribution in [0.2, 0.25) is 0 Å². The average Bonchev–Trinajstić information content (AvgIpc) is 3.36. The van der Waals surface area contributed by atoms with Crippen molar-refractivity contribution in [2.75, 3.05) is 7.11 Å².